The highest BCUT2D eigenvalue weighted by Gasteiger charge is 2.25. The number of pyridine rings is 1. The van der Waals surface area contributed by atoms with E-state index < -0.39 is 0 Å². The van der Waals surface area contributed by atoms with Gasteiger partial charge in [-0.1, -0.05) is 13.0 Å². The number of nitrogens with zero attached hydrogens (tertiary/aromatic N) is 4. The van der Waals surface area contributed by atoms with Crippen molar-refractivity contribution in [3.63, 3.8) is 0 Å². The standard InChI is InChI=1S/C16H26N4/c1-3-19-8-4-5-15(19)14-6-7-16(17-13-14)20-11-9-18(2)10-12-20/h6-7,13,15H,3-5,8-12H2,1-2H3/t15-/m1/s1. The predicted octanol–water partition coefficient (Wildman–Crippen LogP) is 1.99. The van der Waals surface area contributed by atoms with E-state index in [-0.39, 0.29) is 0 Å². The normalized spacial score (nSPS) is 25.3. The lowest BCUT2D eigenvalue weighted by atomic mass is 10.1. The summed E-state index contributed by atoms with van der Waals surface area (Å²) in [6, 6.07) is 5.10. The van der Waals surface area contributed by atoms with Crippen LogP contribution in [0.4, 0.5) is 5.82 Å². The Morgan fingerprint density at radius 3 is 2.60 bits per heavy atom. The van der Waals surface area contributed by atoms with E-state index in [1.807, 2.05) is 0 Å². The van der Waals surface area contributed by atoms with E-state index in [2.05, 4.69) is 47.0 Å². The fourth-order valence-corrected chi connectivity index (χ4v) is 3.40. The summed E-state index contributed by atoms with van der Waals surface area (Å²) in [4.78, 5) is 12.1. The number of hydrogen-bond acceptors (Lipinski definition) is 4. The topological polar surface area (TPSA) is 22.6 Å². The van der Waals surface area contributed by atoms with Gasteiger partial charge in [0.2, 0.25) is 0 Å². The zero-order chi connectivity index (χ0) is 13.9. The lowest BCUT2D eigenvalue weighted by molar-refractivity contribution is 0.271. The molecule has 0 aliphatic carbocycles. The van der Waals surface area contributed by atoms with Crippen LogP contribution in [0, 0.1) is 0 Å². The van der Waals surface area contributed by atoms with Crippen molar-refractivity contribution >= 4 is 5.82 Å². The minimum absolute atomic E-state index is 0.592. The number of piperazine rings is 1. The minimum atomic E-state index is 0.592. The summed E-state index contributed by atoms with van der Waals surface area (Å²) >= 11 is 0. The molecule has 0 saturated carbocycles. The Morgan fingerprint density at radius 1 is 1.15 bits per heavy atom. The highest BCUT2D eigenvalue weighted by molar-refractivity contribution is 5.40. The van der Waals surface area contributed by atoms with E-state index in [0.717, 1.165) is 38.5 Å². The fraction of sp³-hybridized carbons (Fsp3) is 0.688. The molecule has 2 saturated heterocycles. The molecule has 110 valence electrons. The van der Waals surface area contributed by atoms with Crippen molar-refractivity contribution in [3.8, 4) is 0 Å². The molecule has 4 heteroatoms. The molecule has 1 atom stereocenters. The summed E-state index contributed by atoms with van der Waals surface area (Å²) in [5.74, 6) is 1.14. The molecule has 0 spiro atoms. The van der Waals surface area contributed by atoms with Gasteiger partial charge in [0.05, 0.1) is 0 Å². The molecule has 20 heavy (non-hydrogen) atoms. The smallest absolute Gasteiger partial charge is 0.128 e. The van der Waals surface area contributed by atoms with Gasteiger partial charge >= 0.3 is 0 Å². The molecule has 3 heterocycles. The number of rotatable bonds is 3. The lowest BCUT2D eigenvalue weighted by Gasteiger charge is -2.33. The van der Waals surface area contributed by atoms with E-state index >= 15 is 0 Å². The van der Waals surface area contributed by atoms with Crippen LogP contribution in [0.1, 0.15) is 31.4 Å². The Hall–Kier alpha value is -1.13. The van der Waals surface area contributed by atoms with E-state index in [4.69, 9.17) is 4.98 Å². The summed E-state index contributed by atoms with van der Waals surface area (Å²) < 4.78 is 0. The molecular formula is C16H26N4. The van der Waals surface area contributed by atoms with Crippen LogP contribution in [0.25, 0.3) is 0 Å². The molecule has 3 rings (SSSR count). The average molecular weight is 274 g/mol. The molecule has 2 aliphatic heterocycles. The molecule has 2 aliphatic rings. The highest BCUT2D eigenvalue weighted by atomic mass is 15.3. The molecule has 0 amide bonds. The Morgan fingerprint density at radius 2 is 1.95 bits per heavy atom. The zero-order valence-electron chi connectivity index (χ0n) is 12.8. The zero-order valence-corrected chi connectivity index (χ0v) is 12.8. The molecule has 4 nitrogen and oxygen atoms in total. The van der Waals surface area contributed by atoms with E-state index in [0.29, 0.717) is 6.04 Å². The average Bonchev–Trinajstić information content (AvgIpc) is 2.97. The predicted molar refractivity (Wildman–Crippen MR) is 83.2 cm³/mol. The van der Waals surface area contributed by atoms with Crippen molar-refractivity contribution in [2.24, 2.45) is 0 Å². The van der Waals surface area contributed by atoms with Gasteiger partial charge in [0.15, 0.2) is 0 Å². The third-order valence-electron chi connectivity index (χ3n) is 4.75. The molecule has 0 aromatic carbocycles. The third-order valence-corrected chi connectivity index (χ3v) is 4.75. The van der Waals surface area contributed by atoms with Crippen LogP contribution in [-0.4, -0.2) is 61.1 Å². The van der Waals surface area contributed by atoms with Gasteiger partial charge in [-0.05, 0) is 44.6 Å². The molecule has 2 fully saturated rings. The molecule has 0 N–H and O–H groups in total. The monoisotopic (exact) mass is 274 g/mol. The first-order valence-electron chi connectivity index (χ1n) is 7.91. The van der Waals surface area contributed by atoms with Crippen LogP contribution < -0.4 is 4.90 Å². The van der Waals surface area contributed by atoms with Gasteiger partial charge in [-0.3, -0.25) is 4.90 Å². The van der Waals surface area contributed by atoms with E-state index in [1.54, 1.807) is 0 Å². The van der Waals surface area contributed by atoms with Crippen LogP contribution >= 0.6 is 0 Å². The quantitative estimate of drug-likeness (QED) is 0.840. The molecule has 0 unspecified atom stereocenters. The Kier molecular flexibility index (Phi) is 4.22. The summed E-state index contributed by atoms with van der Waals surface area (Å²) in [7, 11) is 2.19. The van der Waals surface area contributed by atoms with Crippen molar-refractivity contribution in [2.75, 3.05) is 51.2 Å². The van der Waals surface area contributed by atoms with Crippen molar-refractivity contribution in [1.29, 1.82) is 0 Å². The van der Waals surface area contributed by atoms with Crippen LogP contribution in [0.2, 0.25) is 0 Å². The van der Waals surface area contributed by atoms with Gasteiger partial charge in [0.1, 0.15) is 5.82 Å². The first-order valence-corrected chi connectivity index (χ1v) is 7.91. The van der Waals surface area contributed by atoms with Crippen molar-refractivity contribution < 1.29 is 0 Å². The minimum Gasteiger partial charge on any atom is -0.354 e. The largest absolute Gasteiger partial charge is 0.354 e. The third kappa shape index (κ3) is 2.81. The number of anilines is 1. The van der Waals surface area contributed by atoms with E-state index in [9.17, 15) is 0 Å². The van der Waals surface area contributed by atoms with Gasteiger partial charge < -0.3 is 9.80 Å². The first-order chi connectivity index (χ1) is 9.78. The second-order valence-electron chi connectivity index (χ2n) is 6.03. The molecular weight excluding hydrogens is 248 g/mol. The molecule has 1 aromatic rings. The van der Waals surface area contributed by atoms with Crippen LogP contribution in [-0.2, 0) is 0 Å². The number of likely N-dealkylation sites (N-methyl/N-ethyl adjacent to an activating group) is 1. The van der Waals surface area contributed by atoms with Gasteiger partial charge in [0, 0.05) is 38.4 Å². The summed E-state index contributed by atoms with van der Waals surface area (Å²) in [6.45, 7) is 9.09. The fourth-order valence-electron chi connectivity index (χ4n) is 3.40. The highest BCUT2D eigenvalue weighted by Crippen LogP contribution is 2.31. The van der Waals surface area contributed by atoms with E-state index in [1.165, 1.54) is 24.9 Å². The maximum absolute atomic E-state index is 4.72. The Labute approximate surface area is 122 Å². The summed E-state index contributed by atoms with van der Waals surface area (Å²) in [6.07, 6.45) is 4.70. The van der Waals surface area contributed by atoms with Crippen molar-refractivity contribution in [2.45, 2.75) is 25.8 Å². The summed E-state index contributed by atoms with van der Waals surface area (Å²) in [5, 5.41) is 0. The number of likely N-dealkylation sites (tertiary alicyclic amines) is 1. The Balaban J connectivity index is 1.68. The van der Waals surface area contributed by atoms with Crippen molar-refractivity contribution in [3.05, 3.63) is 23.9 Å². The Bertz CT molecular complexity index is 423. The SMILES string of the molecule is CCN1CCC[C@@H]1c1ccc(N2CCN(C)CC2)nc1. The van der Waals surface area contributed by atoms with Crippen molar-refractivity contribution in [1.82, 2.24) is 14.8 Å². The van der Waals surface area contributed by atoms with Gasteiger partial charge in [-0.15, -0.1) is 0 Å². The first kappa shape index (κ1) is 13.8. The second-order valence-corrected chi connectivity index (χ2v) is 6.03. The molecule has 0 bridgehead atoms. The van der Waals surface area contributed by atoms with Crippen LogP contribution in [0.5, 0.6) is 0 Å². The van der Waals surface area contributed by atoms with Crippen LogP contribution in [0.3, 0.4) is 0 Å². The van der Waals surface area contributed by atoms with Gasteiger partial charge in [-0.2, -0.15) is 0 Å². The molecule has 1 aromatic heterocycles. The number of aromatic nitrogens is 1. The van der Waals surface area contributed by atoms with Gasteiger partial charge in [-0.25, -0.2) is 4.98 Å². The second kappa shape index (κ2) is 6.10. The number of hydrogen-bond donors (Lipinski definition) is 0. The van der Waals surface area contributed by atoms with Gasteiger partial charge in [0.25, 0.3) is 0 Å². The maximum atomic E-state index is 4.72. The summed E-state index contributed by atoms with van der Waals surface area (Å²) in [5.41, 5.74) is 1.39. The lowest BCUT2D eigenvalue weighted by Crippen LogP contribution is -2.44. The van der Waals surface area contributed by atoms with Crippen LogP contribution in [0.15, 0.2) is 18.3 Å². The maximum Gasteiger partial charge on any atom is 0.128 e. The molecule has 0 radical (unpaired) electrons.